The fourth-order valence-corrected chi connectivity index (χ4v) is 2.26. The van der Waals surface area contributed by atoms with Gasteiger partial charge >= 0.3 is 0 Å². The number of hydrogen-bond acceptors (Lipinski definition) is 3. The molecule has 3 nitrogen and oxygen atoms in total. The second-order valence-electron chi connectivity index (χ2n) is 3.63. The fourth-order valence-electron chi connectivity index (χ4n) is 1.46. The Labute approximate surface area is 120 Å². The minimum atomic E-state index is 0.399. The van der Waals surface area contributed by atoms with Gasteiger partial charge in [0.1, 0.15) is 0 Å². The maximum Gasteiger partial charge on any atom is 0.152 e. The molecule has 1 heterocycles. The molecule has 18 heavy (non-hydrogen) atoms. The summed E-state index contributed by atoms with van der Waals surface area (Å²) in [6, 6.07) is 5.15. The van der Waals surface area contributed by atoms with E-state index in [1.807, 2.05) is 6.92 Å². The minimum Gasteiger partial charge on any atom is -0.339 e. The number of anilines is 2. The highest BCUT2D eigenvalue weighted by Gasteiger charge is 2.05. The van der Waals surface area contributed by atoms with E-state index in [1.54, 1.807) is 24.4 Å². The summed E-state index contributed by atoms with van der Waals surface area (Å²) < 4.78 is 0. The van der Waals surface area contributed by atoms with Crippen molar-refractivity contribution in [1.82, 2.24) is 9.97 Å². The molecule has 0 amide bonds. The van der Waals surface area contributed by atoms with E-state index in [1.165, 1.54) is 0 Å². The molecule has 0 saturated heterocycles. The molecule has 0 fully saturated rings. The second kappa shape index (κ2) is 5.74. The van der Waals surface area contributed by atoms with Crippen LogP contribution >= 0.6 is 34.8 Å². The zero-order valence-electron chi connectivity index (χ0n) is 9.54. The molecule has 0 saturated carbocycles. The fraction of sp³-hybridized carbons (Fsp3) is 0.167. The lowest BCUT2D eigenvalue weighted by Crippen LogP contribution is -1.98. The van der Waals surface area contributed by atoms with E-state index in [4.69, 9.17) is 34.8 Å². The van der Waals surface area contributed by atoms with Crippen molar-refractivity contribution >= 4 is 46.3 Å². The molecule has 0 spiro atoms. The first-order valence-electron chi connectivity index (χ1n) is 5.33. The van der Waals surface area contributed by atoms with Gasteiger partial charge < -0.3 is 5.32 Å². The van der Waals surface area contributed by atoms with E-state index in [2.05, 4.69) is 15.3 Å². The standard InChI is InChI=1S/C12H10Cl3N3/c1-2-10-12(15)18-11(6-16-10)17-9-4-7(13)3-8(14)5-9/h3-6H,2H2,1H3,(H,17,18). The molecule has 1 aromatic heterocycles. The van der Waals surface area contributed by atoms with Crippen LogP contribution in [0.3, 0.4) is 0 Å². The Hall–Kier alpha value is -1.03. The van der Waals surface area contributed by atoms with Gasteiger partial charge in [-0.1, -0.05) is 41.7 Å². The lowest BCUT2D eigenvalue weighted by Gasteiger charge is -2.08. The second-order valence-corrected chi connectivity index (χ2v) is 4.86. The smallest absolute Gasteiger partial charge is 0.152 e. The Balaban J connectivity index is 2.25. The van der Waals surface area contributed by atoms with Crippen molar-refractivity contribution in [2.75, 3.05) is 5.32 Å². The average molecular weight is 303 g/mol. The van der Waals surface area contributed by atoms with E-state index in [-0.39, 0.29) is 0 Å². The van der Waals surface area contributed by atoms with Crippen molar-refractivity contribution in [1.29, 1.82) is 0 Å². The van der Waals surface area contributed by atoms with Gasteiger partial charge in [0.05, 0.1) is 11.9 Å². The third-order valence-corrected chi connectivity index (χ3v) is 3.01. The van der Waals surface area contributed by atoms with E-state index in [0.717, 1.165) is 17.8 Å². The highest BCUT2D eigenvalue weighted by atomic mass is 35.5. The van der Waals surface area contributed by atoms with Gasteiger partial charge in [0, 0.05) is 15.7 Å². The Morgan fingerprint density at radius 2 is 1.78 bits per heavy atom. The molecule has 6 heteroatoms. The van der Waals surface area contributed by atoms with Crippen LogP contribution in [-0.4, -0.2) is 9.97 Å². The zero-order valence-corrected chi connectivity index (χ0v) is 11.8. The molecule has 2 aromatic rings. The average Bonchev–Trinajstić information content (AvgIpc) is 2.27. The topological polar surface area (TPSA) is 37.8 Å². The number of rotatable bonds is 3. The SMILES string of the molecule is CCc1ncc(Nc2cc(Cl)cc(Cl)c2)nc1Cl. The van der Waals surface area contributed by atoms with Gasteiger partial charge in [-0.25, -0.2) is 4.98 Å². The van der Waals surface area contributed by atoms with Crippen molar-refractivity contribution < 1.29 is 0 Å². The van der Waals surface area contributed by atoms with E-state index in [9.17, 15) is 0 Å². The van der Waals surface area contributed by atoms with E-state index >= 15 is 0 Å². The molecule has 2 rings (SSSR count). The summed E-state index contributed by atoms with van der Waals surface area (Å²) in [4.78, 5) is 8.42. The first-order valence-corrected chi connectivity index (χ1v) is 6.46. The van der Waals surface area contributed by atoms with Crippen LogP contribution in [0.4, 0.5) is 11.5 Å². The monoisotopic (exact) mass is 301 g/mol. The predicted octanol–water partition coefficient (Wildman–Crippen LogP) is 4.74. The van der Waals surface area contributed by atoms with E-state index < -0.39 is 0 Å². The van der Waals surface area contributed by atoms with Gasteiger partial charge in [-0.2, -0.15) is 0 Å². The van der Waals surface area contributed by atoms with Crippen molar-refractivity contribution in [2.45, 2.75) is 13.3 Å². The van der Waals surface area contributed by atoms with E-state index in [0.29, 0.717) is 21.0 Å². The first kappa shape index (κ1) is 13.4. The molecular formula is C12H10Cl3N3. The minimum absolute atomic E-state index is 0.399. The molecule has 0 aliphatic carbocycles. The summed E-state index contributed by atoms with van der Waals surface area (Å²) in [5, 5.41) is 4.55. The molecule has 0 radical (unpaired) electrons. The molecule has 94 valence electrons. The van der Waals surface area contributed by atoms with Crippen LogP contribution in [-0.2, 0) is 6.42 Å². The largest absolute Gasteiger partial charge is 0.339 e. The van der Waals surface area contributed by atoms with Crippen molar-refractivity contribution in [3.05, 3.63) is 45.3 Å². The Morgan fingerprint density at radius 3 is 2.33 bits per heavy atom. The Bertz CT molecular complexity index is 552. The third kappa shape index (κ3) is 3.25. The Morgan fingerprint density at radius 1 is 1.11 bits per heavy atom. The summed E-state index contributed by atoms with van der Waals surface area (Å²) in [5.41, 5.74) is 1.51. The molecule has 0 atom stereocenters. The normalized spacial score (nSPS) is 10.4. The van der Waals surface area contributed by atoms with Crippen molar-refractivity contribution in [3.8, 4) is 0 Å². The number of aromatic nitrogens is 2. The van der Waals surface area contributed by atoms with Crippen LogP contribution in [0.2, 0.25) is 15.2 Å². The number of aryl methyl sites for hydroxylation is 1. The maximum absolute atomic E-state index is 5.99. The number of benzene rings is 1. The highest BCUT2D eigenvalue weighted by molar-refractivity contribution is 6.35. The Kier molecular flexibility index (Phi) is 4.27. The summed E-state index contributed by atoms with van der Waals surface area (Å²) in [5.74, 6) is 0.551. The summed E-state index contributed by atoms with van der Waals surface area (Å²) in [7, 11) is 0. The first-order chi connectivity index (χ1) is 8.58. The molecule has 0 unspecified atom stereocenters. The van der Waals surface area contributed by atoms with Gasteiger partial charge in [0.15, 0.2) is 11.0 Å². The summed E-state index contributed by atoms with van der Waals surface area (Å²) >= 11 is 17.8. The van der Waals surface area contributed by atoms with Crippen molar-refractivity contribution in [2.24, 2.45) is 0 Å². The van der Waals surface area contributed by atoms with Crippen molar-refractivity contribution in [3.63, 3.8) is 0 Å². The predicted molar refractivity (Wildman–Crippen MR) is 76.2 cm³/mol. The molecule has 0 aliphatic rings. The molecular weight excluding hydrogens is 293 g/mol. The number of hydrogen-bond donors (Lipinski definition) is 1. The van der Waals surface area contributed by atoms with Gasteiger partial charge in [0.25, 0.3) is 0 Å². The molecule has 1 N–H and O–H groups in total. The zero-order chi connectivity index (χ0) is 13.1. The van der Waals surface area contributed by atoms with Crippen LogP contribution in [0.5, 0.6) is 0 Å². The van der Waals surface area contributed by atoms with Crippen LogP contribution in [0.25, 0.3) is 0 Å². The lowest BCUT2D eigenvalue weighted by atomic mass is 10.3. The number of nitrogens with one attached hydrogen (secondary N) is 1. The van der Waals surface area contributed by atoms with Crippen LogP contribution in [0.15, 0.2) is 24.4 Å². The molecule has 0 aliphatic heterocycles. The van der Waals surface area contributed by atoms with Gasteiger partial charge in [-0.15, -0.1) is 0 Å². The summed E-state index contributed by atoms with van der Waals surface area (Å²) in [6.07, 6.45) is 2.37. The number of nitrogens with zero attached hydrogens (tertiary/aromatic N) is 2. The molecule has 0 bridgehead atoms. The highest BCUT2D eigenvalue weighted by Crippen LogP contribution is 2.25. The quantitative estimate of drug-likeness (QED) is 0.889. The lowest BCUT2D eigenvalue weighted by molar-refractivity contribution is 1.00. The molecule has 1 aromatic carbocycles. The number of halogens is 3. The summed E-state index contributed by atoms with van der Waals surface area (Å²) in [6.45, 7) is 1.97. The maximum atomic E-state index is 5.99. The van der Waals surface area contributed by atoms with Gasteiger partial charge in [-0.3, -0.25) is 4.98 Å². The van der Waals surface area contributed by atoms with Crippen LogP contribution in [0.1, 0.15) is 12.6 Å². The van der Waals surface area contributed by atoms with Gasteiger partial charge in [-0.05, 0) is 24.6 Å². The van der Waals surface area contributed by atoms with Crippen LogP contribution in [0, 0.1) is 0 Å². The van der Waals surface area contributed by atoms with Crippen LogP contribution < -0.4 is 5.32 Å². The van der Waals surface area contributed by atoms with Gasteiger partial charge in [0.2, 0.25) is 0 Å². The third-order valence-electron chi connectivity index (χ3n) is 2.27.